The van der Waals surface area contributed by atoms with E-state index in [0.29, 0.717) is 16.0 Å². The number of benzene rings is 2. The van der Waals surface area contributed by atoms with E-state index in [2.05, 4.69) is 13.8 Å². The van der Waals surface area contributed by atoms with Gasteiger partial charge in [0.2, 0.25) is 0 Å². The molecule has 2 aromatic carbocycles. The van der Waals surface area contributed by atoms with Crippen molar-refractivity contribution in [3.8, 4) is 5.75 Å². The summed E-state index contributed by atoms with van der Waals surface area (Å²) >= 11 is 1.23. The standard InChI is InChI=1S/C25H30F2OS/c1-3-5-15-28-21-14-13-20-19-12-11-18(17-9-7-16(6-4-2)8-10-17)22(26)24(19)29-25(20)23(21)27/h11-14,16-17H,3-10,15H2,1-2H3. The Hall–Kier alpha value is -1.68. The second-order valence-corrected chi connectivity index (χ2v) is 9.43. The van der Waals surface area contributed by atoms with Crippen LogP contribution in [0, 0.1) is 17.6 Å². The van der Waals surface area contributed by atoms with Gasteiger partial charge in [-0.2, -0.15) is 0 Å². The smallest absolute Gasteiger partial charge is 0.182 e. The topological polar surface area (TPSA) is 9.23 Å². The molecule has 4 heteroatoms. The minimum absolute atomic E-state index is 0.143. The van der Waals surface area contributed by atoms with E-state index in [-0.39, 0.29) is 23.3 Å². The van der Waals surface area contributed by atoms with E-state index in [0.717, 1.165) is 47.9 Å². The number of thiophene rings is 1. The molecule has 0 atom stereocenters. The lowest BCUT2D eigenvalue weighted by molar-refractivity contribution is 0.295. The molecule has 1 fully saturated rings. The van der Waals surface area contributed by atoms with Gasteiger partial charge in [0.05, 0.1) is 16.0 Å². The third-order valence-corrected chi connectivity index (χ3v) is 7.63. The number of rotatable bonds is 7. The van der Waals surface area contributed by atoms with Crippen LogP contribution in [0.25, 0.3) is 20.2 Å². The lowest BCUT2D eigenvalue weighted by Crippen LogP contribution is -2.14. The largest absolute Gasteiger partial charge is 0.490 e. The van der Waals surface area contributed by atoms with Gasteiger partial charge in [-0.3, -0.25) is 0 Å². The van der Waals surface area contributed by atoms with E-state index >= 15 is 8.78 Å². The summed E-state index contributed by atoms with van der Waals surface area (Å²) in [4.78, 5) is 0. The monoisotopic (exact) mass is 416 g/mol. The Labute approximate surface area is 176 Å². The molecule has 0 spiro atoms. The van der Waals surface area contributed by atoms with E-state index in [4.69, 9.17) is 4.74 Å². The summed E-state index contributed by atoms with van der Waals surface area (Å²) in [7, 11) is 0. The van der Waals surface area contributed by atoms with Gasteiger partial charge in [-0.15, -0.1) is 11.3 Å². The first-order chi connectivity index (χ1) is 14.1. The summed E-state index contributed by atoms with van der Waals surface area (Å²) in [5.74, 6) is 0.854. The van der Waals surface area contributed by atoms with Crippen LogP contribution in [-0.2, 0) is 0 Å². The van der Waals surface area contributed by atoms with E-state index in [1.165, 1.54) is 37.0 Å². The lowest BCUT2D eigenvalue weighted by Gasteiger charge is -2.28. The molecule has 0 unspecified atom stereocenters. The van der Waals surface area contributed by atoms with Gasteiger partial charge in [0.25, 0.3) is 0 Å². The summed E-state index contributed by atoms with van der Waals surface area (Å²) in [6, 6.07) is 7.48. The molecule has 29 heavy (non-hydrogen) atoms. The number of ether oxygens (including phenoxy) is 1. The van der Waals surface area contributed by atoms with Crippen molar-refractivity contribution >= 4 is 31.5 Å². The number of fused-ring (bicyclic) bond motifs is 3. The molecule has 1 heterocycles. The molecule has 1 aliphatic rings. The molecule has 0 aliphatic heterocycles. The zero-order chi connectivity index (χ0) is 20.4. The van der Waals surface area contributed by atoms with Crippen LogP contribution in [0.1, 0.15) is 76.7 Å². The minimum atomic E-state index is -0.360. The van der Waals surface area contributed by atoms with Crippen LogP contribution < -0.4 is 4.74 Å². The van der Waals surface area contributed by atoms with Crippen molar-refractivity contribution in [3.05, 3.63) is 41.5 Å². The number of unbranched alkanes of at least 4 members (excludes halogenated alkanes) is 1. The van der Waals surface area contributed by atoms with Crippen LogP contribution in [0.4, 0.5) is 8.78 Å². The number of hydrogen-bond donors (Lipinski definition) is 0. The Kier molecular flexibility index (Phi) is 6.38. The predicted molar refractivity (Wildman–Crippen MR) is 119 cm³/mol. The molecule has 1 saturated carbocycles. The van der Waals surface area contributed by atoms with Crippen molar-refractivity contribution in [2.75, 3.05) is 6.61 Å². The molecule has 0 bridgehead atoms. The first-order valence-electron chi connectivity index (χ1n) is 11.1. The first kappa shape index (κ1) is 20.6. The predicted octanol–water partition coefficient (Wildman–Crippen LogP) is 8.59. The SMILES string of the molecule is CCCCOc1ccc2c(sc3c(F)c(C4CCC(CCC)CC4)ccc32)c1F. The highest BCUT2D eigenvalue weighted by Gasteiger charge is 2.26. The molecule has 1 aromatic heterocycles. The quantitative estimate of drug-likeness (QED) is 0.350. The van der Waals surface area contributed by atoms with Gasteiger partial charge < -0.3 is 4.74 Å². The zero-order valence-electron chi connectivity index (χ0n) is 17.4. The molecule has 4 rings (SSSR count). The van der Waals surface area contributed by atoms with Gasteiger partial charge in [-0.05, 0) is 61.6 Å². The Balaban J connectivity index is 1.65. The average molecular weight is 417 g/mol. The fourth-order valence-electron chi connectivity index (χ4n) is 4.76. The molecule has 156 valence electrons. The van der Waals surface area contributed by atoms with E-state index < -0.39 is 0 Å². The van der Waals surface area contributed by atoms with Crippen LogP contribution in [0.2, 0.25) is 0 Å². The molecule has 0 radical (unpaired) electrons. The highest BCUT2D eigenvalue weighted by molar-refractivity contribution is 7.25. The third-order valence-electron chi connectivity index (χ3n) is 6.42. The Morgan fingerprint density at radius 2 is 1.59 bits per heavy atom. The molecular formula is C25H30F2OS. The molecule has 1 nitrogen and oxygen atoms in total. The number of hydrogen-bond acceptors (Lipinski definition) is 2. The van der Waals surface area contributed by atoms with Crippen LogP contribution in [-0.4, -0.2) is 6.61 Å². The van der Waals surface area contributed by atoms with Crippen LogP contribution in [0.15, 0.2) is 24.3 Å². The highest BCUT2D eigenvalue weighted by Crippen LogP contribution is 2.44. The maximum Gasteiger partial charge on any atom is 0.182 e. The zero-order valence-corrected chi connectivity index (χ0v) is 18.2. The normalized spacial score (nSPS) is 19.9. The van der Waals surface area contributed by atoms with Crippen LogP contribution in [0.5, 0.6) is 5.75 Å². The fourth-order valence-corrected chi connectivity index (χ4v) is 5.94. The Morgan fingerprint density at radius 1 is 0.897 bits per heavy atom. The van der Waals surface area contributed by atoms with Crippen molar-refractivity contribution in [2.45, 2.75) is 71.1 Å². The molecule has 0 amide bonds. The van der Waals surface area contributed by atoms with Gasteiger partial charge in [0, 0.05) is 10.8 Å². The van der Waals surface area contributed by atoms with Gasteiger partial charge in [0.15, 0.2) is 11.6 Å². The maximum atomic E-state index is 15.5. The van der Waals surface area contributed by atoms with Crippen molar-refractivity contribution in [2.24, 2.45) is 5.92 Å². The van der Waals surface area contributed by atoms with Gasteiger partial charge in [-0.1, -0.05) is 45.2 Å². The Bertz CT molecular complexity index is 986. The molecule has 1 aliphatic carbocycles. The summed E-state index contributed by atoms with van der Waals surface area (Å²) in [5, 5.41) is 1.59. The molecule has 3 aromatic rings. The summed E-state index contributed by atoms with van der Waals surface area (Å²) in [5.41, 5.74) is 0.818. The van der Waals surface area contributed by atoms with Gasteiger partial charge in [-0.25, -0.2) is 8.78 Å². The average Bonchev–Trinajstić information content (AvgIpc) is 3.12. The lowest BCUT2D eigenvalue weighted by atomic mass is 9.77. The van der Waals surface area contributed by atoms with E-state index in [1.807, 2.05) is 18.2 Å². The van der Waals surface area contributed by atoms with Crippen LogP contribution in [0.3, 0.4) is 0 Å². The van der Waals surface area contributed by atoms with E-state index in [9.17, 15) is 0 Å². The van der Waals surface area contributed by atoms with E-state index in [1.54, 1.807) is 6.07 Å². The molecule has 0 N–H and O–H groups in total. The first-order valence-corrected chi connectivity index (χ1v) is 11.9. The second-order valence-electron chi connectivity index (χ2n) is 8.41. The Morgan fingerprint density at radius 3 is 2.28 bits per heavy atom. The maximum absolute atomic E-state index is 15.5. The summed E-state index contributed by atoms with van der Waals surface area (Å²) in [6.45, 7) is 4.81. The molecular weight excluding hydrogens is 386 g/mol. The van der Waals surface area contributed by atoms with Crippen molar-refractivity contribution in [1.29, 1.82) is 0 Å². The molecule has 0 saturated heterocycles. The highest BCUT2D eigenvalue weighted by atomic mass is 32.1. The number of halogens is 2. The van der Waals surface area contributed by atoms with Crippen molar-refractivity contribution < 1.29 is 13.5 Å². The van der Waals surface area contributed by atoms with Crippen LogP contribution >= 0.6 is 11.3 Å². The van der Waals surface area contributed by atoms with Crippen molar-refractivity contribution in [1.82, 2.24) is 0 Å². The summed E-state index contributed by atoms with van der Waals surface area (Å²) < 4.78 is 37.2. The fraction of sp³-hybridized carbons (Fsp3) is 0.520. The third kappa shape index (κ3) is 4.01. The second kappa shape index (κ2) is 8.99. The minimum Gasteiger partial charge on any atom is -0.490 e. The van der Waals surface area contributed by atoms with Crippen molar-refractivity contribution in [3.63, 3.8) is 0 Å². The van der Waals surface area contributed by atoms with Gasteiger partial charge >= 0.3 is 0 Å². The summed E-state index contributed by atoms with van der Waals surface area (Å²) in [6.07, 6.45) is 8.90. The van der Waals surface area contributed by atoms with Gasteiger partial charge in [0.1, 0.15) is 5.82 Å².